The van der Waals surface area contributed by atoms with Crippen LogP contribution in [0.4, 0.5) is 0 Å². The van der Waals surface area contributed by atoms with Crippen molar-refractivity contribution in [2.45, 2.75) is 26.2 Å². The molecule has 150 valence electrons. The van der Waals surface area contributed by atoms with Crippen molar-refractivity contribution in [2.75, 3.05) is 7.11 Å². The van der Waals surface area contributed by atoms with Gasteiger partial charge in [-0.1, -0.05) is 0 Å². The van der Waals surface area contributed by atoms with Crippen molar-refractivity contribution < 1.29 is 41.2 Å². The van der Waals surface area contributed by atoms with Crippen LogP contribution in [0.25, 0.3) is 11.0 Å². The number of carboxylic acids is 1. The highest BCUT2D eigenvalue weighted by atomic mass is 35.5. The lowest BCUT2D eigenvalue weighted by atomic mass is 9.95. The Hall–Kier alpha value is -3.00. The van der Waals surface area contributed by atoms with E-state index in [9.17, 15) is 19.9 Å². The molecule has 0 aliphatic rings. The SMILES string of the molecule is COc1ccc2occ(C(CC(=O)O)c3n(O)c(C)c(C)[n+]3C)c(=O)c2c1.[Cl-]. The molecule has 0 bridgehead atoms. The first-order valence-corrected chi connectivity index (χ1v) is 8.34. The second kappa shape index (κ2) is 7.93. The normalized spacial score (nSPS) is 11.9. The predicted octanol–water partition coefficient (Wildman–Crippen LogP) is -1.11. The number of halogens is 1. The summed E-state index contributed by atoms with van der Waals surface area (Å²) in [5.41, 5.74) is 1.48. The third-order valence-corrected chi connectivity index (χ3v) is 4.98. The first-order valence-electron chi connectivity index (χ1n) is 8.34. The number of aliphatic carboxylic acids is 1. The zero-order valence-electron chi connectivity index (χ0n) is 15.9. The molecule has 8 nitrogen and oxygen atoms in total. The molecule has 2 heterocycles. The zero-order chi connectivity index (χ0) is 19.9. The summed E-state index contributed by atoms with van der Waals surface area (Å²) >= 11 is 0. The standard InChI is InChI=1S/C19H20N2O6.ClH/c1-10-11(2)21(25)19(20(10)3)13(8-17(22)23)15-9-27-16-6-5-12(26-4)7-14(16)18(15)24;/h5-7,9,13H,8H2,1-4H3,(H-,22,23,25);1H. The Bertz CT molecular complexity index is 1080. The molecule has 28 heavy (non-hydrogen) atoms. The number of hydrogen-bond acceptors (Lipinski definition) is 5. The average molecular weight is 409 g/mol. The molecule has 0 aliphatic heterocycles. The number of nitrogens with zero attached hydrogens (tertiary/aromatic N) is 2. The first kappa shape index (κ1) is 21.3. The van der Waals surface area contributed by atoms with E-state index in [1.54, 1.807) is 43.7 Å². The quantitative estimate of drug-likeness (QED) is 0.410. The number of ether oxygens (including phenoxy) is 1. The minimum absolute atomic E-state index is 0. The molecule has 1 unspecified atom stereocenters. The van der Waals surface area contributed by atoms with Gasteiger partial charge in [0.05, 0.1) is 37.8 Å². The van der Waals surface area contributed by atoms with Crippen LogP contribution in [0, 0.1) is 13.8 Å². The van der Waals surface area contributed by atoms with E-state index in [-0.39, 0.29) is 35.2 Å². The summed E-state index contributed by atoms with van der Waals surface area (Å²) in [5, 5.41) is 20.2. The van der Waals surface area contributed by atoms with Gasteiger partial charge in [-0.2, -0.15) is 0 Å². The van der Waals surface area contributed by atoms with Gasteiger partial charge in [-0.05, 0) is 22.9 Å². The Balaban J connectivity index is 0.00000280. The van der Waals surface area contributed by atoms with Crippen LogP contribution in [0.15, 0.2) is 33.7 Å². The number of fused-ring (bicyclic) bond motifs is 1. The maximum Gasteiger partial charge on any atom is 0.304 e. The number of carbonyl (C=O) groups is 1. The van der Waals surface area contributed by atoms with Gasteiger partial charge in [0.25, 0.3) is 0 Å². The van der Waals surface area contributed by atoms with Crippen LogP contribution in [-0.4, -0.2) is 28.1 Å². The molecule has 3 rings (SSSR count). The first-order chi connectivity index (χ1) is 12.8. The summed E-state index contributed by atoms with van der Waals surface area (Å²) < 4.78 is 13.3. The molecule has 0 amide bonds. The van der Waals surface area contributed by atoms with Crippen LogP contribution in [-0.2, 0) is 11.8 Å². The third-order valence-electron chi connectivity index (χ3n) is 4.98. The van der Waals surface area contributed by atoms with Gasteiger partial charge >= 0.3 is 11.8 Å². The third kappa shape index (κ3) is 3.43. The Morgan fingerprint density at radius 1 is 1.36 bits per heavy atom. The fourth-order valence-electron chi connectivity index (χ4n) is 3.27. The minimum Gasteiger partial charge on any atom is -1.00 e. The van der Waals surface area contributed by atoms with E-state index in [1.165, 1.54) is 13.4 Å². The van der Waals surface area contributed by atoms with Crippen molar-refractivity contribution in [3.8, 4) is 5.75 Å². The largest absolute Gasteiger partial charge is 1.00 e. The highest BCUT2D eigenvalue weighted by Crippen LogP contribution is 2.28. The molecule has 0 spiro atoms. The maximum atomic E-state index is 13.1. The van der Waals surface area contributed by atoms with Gasteiger partial charge in [-0.3, -0.25) is 9.59 Å². The fraction of sp³-hybridized carbons (Fsp3) is 0.316. The summed E-state index contributed by atoms with van der Waals surface area (Å²) in [5.74, 6) is -1.20. The van der Waals surface area contributed by atoms with Crippen LogP contribution in [0.3, 0.4) is 0 Å². The minimum atomic E-state index is -1.10. The molecule has 0 saturated carbocycles. The highest BCUT2D eigenvalue weighted by Gasteiger charge is 2.36. The molecular weight excluding hydrogens is 388 g/mol. The molecule has 9 heteroatoms. The number of rotatable bonds is 5. The molecule has 0 radical (unpaired) electrons. The van der Waals surface area contributed by atoms with E-state index in [0.717, 1.165) is 10.4 Å². The van der Waals surface area contributed by atoms with Crippen LogP contribution >= 0.6 is 0 Å². The van der Waals surface area contributed by atoms with E-state index in [1.807, 2.05) is 0 Å². The molecule has 2 aromatic heterocycles. The van der Waals surface area contributed by atoms with Gasteiger partial charge in [0.2, 0.25) is 0 Å². The van der Waals surface area contributed by atoms with Gasteiger partial charge in [0.15, 0.2) is 11.1 Å². The Morgan fingerprint density at radius 3 is 2.57 bits per heavy atom. The van der Waals surface area contributed by atoms with E-state index >= 15 is 0 Å². The number of aromatic nitrogens is 2. The van der Waals surface area contributed by atoms with E-state index in [0.29, 0.717) is 22.9 Å². The summed E-state index contributed by atoms with van der Waals surface area (Å²) in [6.07, 6.45) is 0.889. The Labute approximate surface area is 167 Å². The van der Waals surface area contributed by atoms with Crippen LogP contribution in [0.2, 0.25) is 0 Å². The second-order valence-corrected chi connectivity index (χ2v) is 6.43. The average Bonchev–Trinajstić information content (AvgIpc) is 2.83. The van der Waals surface area contributed by atoms with Crippen molar-refractivity contribution in [3.05, 3.63) is 57.5 Å². The molecule has 0 aliphatic carbocycles. The Kier molecular flexibility index (Phi) is 6.04. The topological polar surface area (TPSA) is 106 Å². The molecule has 0 saturated heterocycles. The lowest BCUT2D eigenvalue weighted by Crippen LogP contribution is -3.00. The summed E-state index contributed by atoms with van der Waals surface area (Å²) in [6, 6.07) is 4.84. The lowest BCUT2D eigenvalue weighted by molar-refractivity contribution is -0.686. The second-order valence-electron chi connectivity index (χ2n) is 6.43. The monoisotopic (exact) mass is 408 g/mol. The number of hydrogen-bond donors (Lipinski definition) is 2. The smallest absolute Gasteiger partial charge is 0.304 e. The van der Waals surface area contributed by atoms with Crippen LogP contribution < -0.4 is 27.1 Å². The fourth-order valence-corrected chi connectivity index (χ4v) is 3.27. The number of carboxylic acid groups (broad SMARTS) is 1. The lowest BCUT2D eigenvalue weighted by Gasteiger charge is -2.12. The van der Waals surface area contributed by atoms with Crippen molar-refractivity contribution in [2.24, 2.45) is 7.05 Å². The van der Waals surface area contributed by atoms with Gasteiger partial charge in [-0.25, -0.2) is 4.57 Å². The van der Waals surface area contributed by atoms with Crippen molar-refractivity contribution in [1.82, 2.24) is 4.73 Å². The zero-order valence-corrected chi connectivity index (χ0v) is 16.6. The maximum absolute atomic E-state index is 13.1. The van der Waals surface area contributed by atoms with Crippen LogP contribution in [0.5, 0.6) is 5.75 Å². The van der Waals surface area contributed by atoms with Crippen molar-refractivity contribution >= 4 is 16.9 Å². The summed E-state index contributed by atoms with van der Waals surface area (Å²) in [6.45, 7) is 3.52. The highest BCUT2D eigenvalue weighted by molar-refractivity contribution is 5.79. The molecule has 3 aromatic rings. The van der Waals surface area contributed by atoms with E-state index < -0.39 is 11.9 Å². The summed E-state index contributed by atoms with van der Waals surface area (Å²) in [7, 11) is 3.20. The number of imidazole rings is 1. The number of methoxy groups -OCH3 is 1. The number of benzene rings is 1. The van der Waals surface area contributed by atoms with E-state index in [2.05, 4.69) is 0 Å². The van der Waals surface area contributed by atoms with E-state index in [4.69, 9.17) is 9.15 Å². The molecule has 2 N–H and O–H groups in total. The summed E-state index contributed by atoms with van der Waals surface area (Å²) in [4.78, 5) is 24.6. The molecule has 1 atom stereocenters. The van der Waals surface area contributed by atoms with Crippen molar-refractivity contribution in [3.63, 3.8) is 0 Å². The predicted molar refractivity (Wildman–Crippen MR) is 95.4 cm³/mol. The molecular formula is C19H21ClN2O6. The van der Waals surface area contributed by atoms with Gasteiger partial charge in [0, 0.05) is 13.8 Å². The van der Waals surface area contributed by atoms with Gasteiger partial charge in [-0.15, -0.1) is 0 Å². The molecule has 1 aromatic carbocycles. The molecule has 0 fully saturated rings. The van der Waals surface area contributed by atoms with Gasteiger partial charge < -0.3 is 31.9 Å². The van der Waals surface area contributed by atoms with Gasteiger partial charge in [0.1, 0.15) is 22.9 Å². The van der Waals surface area contributed by atoms with Crippen molar-refractivity contribution in [1.29, 1.82) is 0 Å². The Morgan fingerprint density at radius 2 is 2.04 bits per heavy atom. The van der Waals surface area contributed by atoms with Crippen LogP contribution in [0.1, 0.15) is 35.1 Å².